The molecule has 1 saturated heterocycles. The second-order valence-corrected chi connectivity index (χ2v) is 12.8. The molecule has 214 valence electrons. The molecule has 2 heterocycles. The summed E-state index contributed by atoms with van der Waals surface area (Å²) in [7, 11) is 0. The molecule has 1 fully saturated rings. The van der Waals surface area contributed by atoms with Crippen molar-refractivity contribution in [2.45, 2.75) is 111 Å². The molecular formula is C30H48N2O5S. The van der Waals surface area contributed by atoms with Crippen LogP contribution in [0.2, 0.25) is 0 Å². The van der Waals surface area contributed by atoms with Gasteiger partial charge in [-0.2, -0.15) is 0 Å². The van der Waals surface area contributed by atoms with Gasteiger partial charge in [0.25, 0.3) is 0 Å². The number of ketones is 1. The molecule has 0 aliphatic carbocycles. The number of cyclic esters (lactones) is 1. The summed E-state index contributed by atoms with van der Waals surface area (Å²) < 4.78 is 5.92. The summed E-state index contributed by atoms with van der Waals surface area (Å²) in [6, 6.07) is -0.451. The Morgan fingerprint density at radius 2 is 1.97 bits per heavy atom. The topological polar surface area (TPSA) is 123 Å². The van der Waals surface area contributed by atoms with Crippen LogP contribution in [-0.2, 0) is 14.3 Å². The third kappa shape index (κ3) is 8.83. The number of ether oxygens (including phenoxy) is 1. The van der Waals surface area contributed by atoms with Crippen molar-refractivity contribution in [3.63, 3.8) is 0 Å². The van der Waals surface area contributed by atoms with Crippen LogP contribution >= 0.6 is 11.3 Å². The Morgan fingerprint density at radius 1 is 1.29 bits per heavy atom. The second-order valence-electron chi connectivity index (χ2n) is 11.7. The quantitative estimate of drug-likeness (QED) is 0.340. The third-order valence-corrected chi connectivity index (χ3v) is 8.89. The molecule has 4 N–H and O–H groups in total. The van der Waals surface area contributed by atoms with Gasteiger partial charge in [0.05, 0.1) is 34.7 Å². The highest BCUT2D eigenvalue weighted by Crippen LogP contribution is 2.33. The van der Waals surface area contributed by atoms with Gasteiger partial charge in [0.2, 0.25) is 0 Å². The van der Waals surface area contributed by atoms with E-state index in [0.717, 1.165) is 48.4 Å². The second kappa shape index (κ2) is 14.5. The number of aromatic nitrogens is 1. The number of rotatable bonds is 5. The number of esters is 1. The van der Waals surface area contributed by atoms with Crippen molar-refractivity contribution in [3.8, 4) is 0 Å². The minimum atomic E-state index is -1.26. The van der Waals surface area contributed by atoms with Crippen LogP contribution in [0, 0.1) is 30.1 Å². The number of aliphatic hydroxyl groups is 2. The number of allylic oxidation sites excluding steroid dienone is 1. The Hall–Kier alpha value is -1.87. The van der Waals surface area contributed by atoms with Crippen molar-refractivity contribution >= 4 is 29.2 Å². The van der Waals surface area contributed by atoms with E-state index < -0.39 is 41.7 Å². The van der Waals surface area contributed by atoms with E-state index >= 15 is 0 Å². The van der Waals surface area contributed by atoms with Gasteiger partial charge in [-0.3, -0.25) is 9.59 Å². The summed E-state index contributed by atoms with van der Waals surface area (Å²) in [6.07, 6.45) is 5.71. The molecule has 2 rings (SSSR count). The van der Waals surface area contributed by atoms with E-state index in [9.17, 15) is 19.8 Å². The number of carbonyl (C=O) groups is 2. The molecule has 1 aliphatic rings. The number of carbonyl (C=O) groups excluding carboxylic acids is 2. The van der Waals surface area contributed by atoms with Gasteiger partial charge in [-0.15, -0.1) is 17.9 Å². The van der Waals surface area contributed by atoms with Crippen molar-refractivity contribution in [1.82, 2.24) is 4.98 Å². The van der Waals surface area contributed by atoms with Crippen LogP contribution in [0.3, 0.4) is 0 Å². The first-order valence-corrected chi connectivity index (χ1v) is 14.7. The summed E-state index contributed by atoms with van der Waals surface area (Å²) in [4.78, 5) is 30.9. The Balaban J connectivity index is 2.41. The number of thiazole rings is 1. The fourth-order valence-corrected chi connectivity index (χ4v) is 5.99. The maximum atomic E-state index is 13.3. The summed E-state index contributed by atoms with van der Waals surface area (Å²) in [6.45, 7) is 14.6. The Labute approximate surface area is 232 Å². The van der Waals surface area contributed by atoms with E-state index in [-0.39, 0.29) is 18.1 Å². The van der Waals surface area contributed by atoms with Crippen LogP contribution in [0.25, 0.3) is 6.08 Å². The molecule has 0 aromatic carbocycles. The van der Waals surface area contributed by atoms with Gasteiger partial charge in [-0.25, -0.2) is 4.98 Å². The standard InChI is InChI=1S/C30H48N2O5S/c1-8-9-12-22-13-10-11-18(2)27(35)20(4)29(36)30(6,7)25(33)16-26(34)37-28(24(31)15-22)19(3)14-23-17-38-21(5)32-23/h8,14,17-18,20,22,24-25,27-28,33,35H,1,9-13,15-16,31H2,2-7H3. The number of hydrogen-bond donors (Lipinski definition) is 3. The first-order valence-electron chi connectivity index (χ1n) is 13.8. The van der Waals surface area contributed by atoms with Gasteiger partial charge >= 0.3 is 5.97 Å². The van der Waals surface area contributed by atoms with Gasteiger partial charge < -0.3 is 20.7 Å². The Bertz CT molecular complexity index is 972. The Morgan fingerprint density at radius 3 is 2.58 bits per heavy atom. The van der Waals surface area contributed by atoms with Crippen molar-refractivity contribution in [3.05, 3.63) is 34.3 Å². The molecule has 1 aromatic rings. The predicted molar refractivity (Wildman–Crippen MR) is 153 cm³/mol. The van der Waals surface area contributed by atoms with E-state index in [1.54, 1.807) is 32.1 Å². The van der Waals surface area contributed by atoms with Crippen LogP contribution < -0.4 is 5.73 Å². The lowest BCUT2D eigenvalue weighted by molar-refractivity contribution is -0.155. The number of nitrogens with two attached hydrogens (primary N) is 1. The van der Waals surface area contributed by atoms with E-state index in [1.807, 2.05) is 38.3 Å². The van der Waals surface area contributed by atoms with E-state index in [4.69, 9.17) is 10.5 Å². The third-order valence-electron chi connectivity index (χ3n) is 8.10. The van der Waals surface area contributed by atoms with E-state index in [0.29, 0.717) is 12.3 Å². The number of aliphatic hydroxyl groups excluding tert-OH is 2. The molecule has 0 saturated carbocycles. The SMILES string of the molecule is C=CCCC1CCCC(C)C(O)C(C)C(=O)C(C)(C)C(O)CC(=O)OC(C(C)=Cc2csc(C)n2)C(N)C1. The highest BCUT2D eigenvalue weighted by molar-refractivity contribution is 7.09. The van der Waals surface area contributed by atoms with Crippen molar-refractivity contribution < 1.29 is 24.5 Å². The first kappa shape index (κ1) is 32.3. The first-order chi connectivity index (χ1) is 17.8. The Kier molecular flexibility index (Phi) is 12.3. The molecular weight excluding hydrogens is 500 g/mol. The zero-order valence-corrected chi connectivity index (χ0v) is 24.8. The molecule has 0 amide bonds. The molecule has 1 aromatic heterocycles. The van der Waals surface area contributed by atoms with Gasteiger partial charge in [-0.1, -0.05) is 46.6 Å². The van der Waals surface area contributed by atoms with Crippen molar-refractivity contribution in [1.29, 1.82) is 0 Å². The van der Waals surface area contributed by atoms with Crippen LogP contribution in [0.15, 0.2) is 23.6 Å². The minimum Gasteiger partial charge on any atom is -0.456 e. The van der Waals surface area contributed by atoms with E-state index in [1.165, 1.54) is 0 Å². The van der Waals surface area contributed by atoms with Crippen LogP contribution in [-0.4, -0.2) is 51.3 Å². The largest absolute Gasteiger partial charge is 0.456 e. The fourth-order valence-electron chi connectivity index (χ4n) is 5.42. The zero-order valence-electron chi connectivity index (χ0n) is 24.0. The van der Waals surface area contributed by atoms with Crippen molar-refractivity contribution in [2.75, 3.05) is 0 Å². The number of nitrogens with zero attached hydrogens (tertiary/aromatic N) is 1. The minimum absolute atomic E-state index is 0.0759. The summed E-state index contributed by atoms with van der Waals surface area (Å²) in [5, 5.41) is 24.8. The van der Waals surface area contributed by atoms with Gasteiger partial charge in [0, 0.05) is 17.3 Å². The van der Waals surface area contributed by atoms with Crippen LogP contribution in [0.5, 0.6) is 0 Å². The number of Topliss-reactive ketones (excluding diaryl/α,β-unsaturated/α-hetero) is 1. The zero-order chi connectivity index (χ0) is 28.6. The lowest BCUT2D eigenvalue weighted by Crippen LogP contribution is -2.46. The summed E-state index contributed by atoms with van der Waals surface area (Å²) in [5.41, 5.74) is 7.07. The normalized spacial score (nSPS) is 32.6. The number of hydrogen-bond acceptors (Lipinski definition) is 8. The van der Waals surface area contributed by atoms with E-state index in [2.05, 4.69) is 11.6 Å². The summed E-state index contributed by atoms with van der Waals surface area (Å²) >= 11 is 1.54. The monoisotopic (exact) mass is 548 g/mol. The molecule has 38 heavy (non-hydrogen) atoms. The molecule has 0 bridgehead atoms. The molecule has 1 aliphatic heterocycles. The maximum Gasteiger partial charge on any atom is 0.309 e. The summed E-state index contributed by atoms with van der Waals surface area (Å²) in [5.74, 6) is -1.33. The van der Waals surface area contributed by atoms with Crippen molar-refractivity contribution in [2.24, 2.45) is 28.9 Å². The van der Waals surface area contributed by atoms with Gasteiger partial charge in [-0.05, 0) is 63.0 Å². The maximum absolute atomic E-state index is 13.3. The average Bonchev–Trinajstić information content (AvgIpc) is 3.27. The lowest BCUT2D eigenvalue weighted by atomic mass is 9.73. The molecule has 7 nitrogen and oxygen atoms in total. The molecule has 8 heteroatoms. The molecule has 7 atom stereocenters. The van der Waals surface area contributed by atoms with Crippen LogP contribution in [0.1, 0.15) is 90.3 Å². The highest BCUT2D eigenvalue weighted by atomic mass is 32.1. The average molecular weight is 549 g/mol. The van der Waals surface area contributed by atoms with Crippen LogP contribution in [0.4, 0.5) is 0 Å². The lowest BCUT2D eigenvalue weighted by Gasteiger charge is -2.35. The fraction of sp³-hybridized carbons (Fsp3) is 0.700. The highest BCUT2D eigenvalue weighted by Gasteiger charge is 2.42. The molecule has 0 radical (unpaired) electrons. The molecule has 7 unspecified atom stereocenters. The van der Waals surface area contributed by atoms with Gasteiger partial charge in [0.15, 0.2) is 0 Å². The predicted octanol–water partition coefficient (Wildman–Crippen LogP) is 5.23. The molecule has 0 spiro atoms. The van der Waals surface area contributed by atoms with Gasteiger partial charge in [0.1, 0.15) is 11.9 Å². The smallest absolute Gasteiger partial charge is 0.309 e. The number of aryl methyl sites for hydroxylation is 1.